The summed E-state index contributed by atoms with van der Waals surface area (Å²) in [5.74, 6) is -3.28. The Hall–Kier alpha value is -3.53. The van der Waals surface area contributed by atoms with Crippen LogP contribution >= 0.6 is 11.3 Å². The molecule has 0 aliphatic carbocycles. The molecule has 0 bridgehead atoms. The molecule has 3 rings (SSSR count). The van der Waals surface area contributed by atoms with Crippen LogP contribution in [0.5, 0.6) is 0 Å². The van der Waals surface area contributed by atoms with Crippen LogP contribution in [-0.4, -0.2) is 59.2 Å². The molecule has 1 aliphatic heterocycles. The number of nitrogens with one attached hydrogen (secondary N) is 1. The van der Waals surface area contributed by atoms with Gasteiger partial charge in [0, 0.05) is 11.4 Å². The van der Waals surface area contributed by atoms with Gasteiger partial charge in [-0.1, -0.05) is 43.7 Å². The fourth-order valence-electron chi connectivity index (χ4n) is 3.11. The van der Waals surface area contributed by atoms with Gasteiger partial charge in [-0.2, -0.15) is 0 Å². The van der Waals surface area contributed by atoms with Gasteiger partial charge < -0.3 is 10.1 Å². The molecule has 0 atom stereocenters. The van der Waals surface area contributed by atoms with Gasteiger partial charge >= 0.3 is 23.8 Å². The maximum Gasteiger partial charge on any atom is 0.350 e. The predicted molar refractivity (Wildman–Crippen MR) is 118 cm³/mol. The third kappa shape index (κ3) is 4.86. The number of carbonyl (C=O) groups is 5. The van der Waals surface area contributed by atoms with E-state index in [0.717, 1.165) is 33.1 Å². The number of hydrogen-bond acceptors (Lipinski definition) is 7. The van der Waals surface area contributed by atoms with Crippen LogP contribution in [0.1, 0.15) is 36.4 Å². The van der Waals surface area contributed by atoms with Crippen LogP contribution in [0.4, 0.5) is 10.5 Å². The SMILES string of the molecule is CCCCN1C(=O)C(=O)N(CC(=O)Nc2cc(-c3ccccc3)sc2C(=O)OCC)C1=O. The monoisotopic (exact) mass is 457 g/mol. The number of anilines is 1. The lowest BCUT2D eigenvalue weighted by Gasteiger charge is -2.15. The van der Waals surface area contributed by atoms with E-state index in [4.69, 9.17) is 4.74 Å². The Kier molecular flexibility index (Phi) is 7.37. The first-order chi connectivity index (χ1) is 15.4. The molecule has 10 heteroatoms. The molecule has 2 aromatic rings. The van der Waals surface area contributed by atoms with Gasteiger partial charge in [-0.3, -0.25) is 19.3 Å². The van der Waals surface area contributed by atoms with E-state index in [1.54, 1.807) is 13.0 Å². The number of carbonyl (C=O) groups excluding carboxylic acids is 5. The van der Waals surface area contributed by atoms with E-state index >= 15 is 0 Å². The number of hydrogen-bond donors (Lipinski definition) is 1. The molecule has 0 spiro atoms. The number of nitrogens with zero attached hydrogens (tertiary/aromatic N) is 2. The Morgan fingerprint density at radius 2 is 1.72 bits per heavy atom. The summed E-state index contributed by atoms with van der Waals surface area (Å²) in [6, 6.07) is 10.1. The summed E-state index contributed by atoms with van der Waals surface area (Å²) in [5, 5.41) is 2.58. The number of amides is 5. The van der Waals surface area contributed by atoms with E-state index in [9.17, 15) is 24.0 Å². The molecule has 1 saturated heterocycles. The first-order valence-electron chi connectivity index (χ1n) is 10.2. The molecule has 32 heavy (non-hydrogen) atoms. The van der Waals surface area contributed by atoms with E-state index in [2.05, 4.69) is 5.32 Å². The Labute approximate surface area is 188 Å². The molecule has 9 nitrogen and oxygen atoms in total. The highest BCUT2D eigenvalue weighted by molar-refractivity contribution is 7.18. The third-order valence-electron chi connectivity index (χ3n) is 4.70. The number of benzene rings is 1. The second-order valence-corrected chi connectivity index (χ2v) is 8.02. The normalized spacial score (nSPS) is 13.6. The average Bonchev–Trinajstić information content (AvgIpc) is 3.28. The molecule has 0 radical (unpaired) electrons. The van der Waals surface area contributed by atoms with Crippen LogP contribution in [0.15, 0.2) is 36.4 Å². The zero-order chi connectivity index (χ0) is 23.3. The number of unbranched alkanes of at least 4 members (excludes halogenated alkanes) is 1. The molecule has 1 aliphatic rings. The van der Waals surface area contributed by atoms with Crippen LogP contribution in [-0.2, 0) is 19.1 Å². The van der Waals surface area contributed by atoms with Gasteiger partial charge in [0.2, 0.25) is 5.91 Å². The van der Waals surface area contributed by atoms with Crippen LogP contribution in [0.2, 0.25) is 0 Å². The summed E-state index contributed by atoms with van der Waals surface area (Å²) in [6.07, 6.45) is 1.30. The zero-order valence-electron chi connectivity index (χ0n) is 17.8. The van der Waals surface area contributed by atoms with Gasteiger partial charge in [-0.05, 0) is 25.0 Å². The first kappa shape index (κ1) is 23.1. The highest BCUT2D eigenvalue weighted by Gasteiger charge is 2.44. The van der Waals surface area contributed by atoms with Gasteiger partial charge in [0.1, 0.15) is 11.4 Å². The molecule has 2 heterocycles. The number of urea groups is 1. The summed E-state index contributed by atoms with van der Waals surface area (Å²) in [5.41, 5.74) is 1.07. The number of imide groups is 2. The van der Waals surface area contributed by atoms with Gasteiger partial charge in [-0.25, -0.2) is 14.5 Å². The van der Waals surface area contributed by atoms with Crippen LogP contribution in [0.3, 0.4) is 0 Å². The highest BCUT2D eigenvalue weighted by atomic mass is 32.1. The Morgan fingerprint density at radius 1 is 1.03 bits per heavy atom. The quantitative estimate of drug-likeness (QED) is 0.352. The molecule has 1 aromatic carbocycles. The van der Waals surface area contributed by atoms with Crippen LogP contribution in [0, 0.1) is 0 Å². The van der Waals surface area contributed by atoms with E-state index in [-0.39, 0.29) is 23.7 Å². The molecule has 1 aromatic heterocycles. The Balaban J connectivity index is 1.79. The number of thiophene rings is 1. The van der Waals surface area contributed by atoms with Gasteiger partial charge in [-0.15, -0.1) is 11.3 Å². The van der Waals surface area contributed by atoms with Crippen molar-refractivity contribution in [1.29, 1.82) is 0 Å². The summed E-state index contributed by atoms with van der Waals surface area (Å²) in [6.45, 7) is 3.22. The van der Waals surface area contributed by atoms with Crippen LogP contribution < -0.4 is 5.32 Å². The lowest BCUT2D eigenvalue weighted by atomic mass is 10.2. The first-order valence-corrected chi connectivity index (χ1v) is 11.0. The maximum absolute atomic E-state index is 12.6. The molecule has 0 saturated carbocycles. The second kappa shape index (κ2) is 10.2. The molecule has 5 amide bonds. The number of rotatable bonds is 9. The van der Waals surface area contributed by atoms with Crippen molar-refractivity contribution in [3.05, 3.63) is 41.3 Å². The Morgan fingerprint density at radius 3 is 2.38 bits per heavy atom. The predicted octanol–water partition coefficient (Wildman–Crippen LogP) is 3.12. The standard InChI is InChI=1S/C22H23N3O6S/c1-3-5-11-24-19(27)20(28)25(22(24)30)13-17(26)23-15-12-16(14-9-7-6-8-10-14)32-18(15)21(29)31-4-2/h6-10,12H,3-5,11,13H2,1-2H3,(H,23,26). The number of esters is 1. The van der Waals surface area contributed by atoms with E-state index in [1.165, 1.54) is 0 Å². The average molecular weight is 458 g/mol. The van der Waals surface area contributed by atoms with Crippen molar-refractivity contribution in [1.82, 2.24) is 9.80 Å². The van der Waals surface area contributed by atoms with Gasteiger partial charge in [0.25, 0.3) is 0 Å². The van der Waals surface area contributed by atoms with Gasteiger partial charge in [0.15, 0.2) is 0 Å². The van der Waals surface area contributed by atoms with Crippen molar-refractivity contribution in [3.63, 3.8) is 0 Å². The molecule has 0 unspecified atom stereocenters. The topological polar surface area (TPSA) is 113 Å². The smallest absolute Gasteiger partial charge is 0.350 e. The molecular weight excluding hydrogens is 434 g/mol. The van der Waals surface area contributed by atoms with Crippen LogP contribution in [0.25, 0.3) is 10.4 Å². The summed E-state index contributed by atoms with van der Waals surface area (Å²) in [4.78, 5) is 64.1. The minimum Gasteiger partial charge on any atom is -0.462 e. The van der Waals surface area contributed by atoms with Crippen molar-refractivity contribution in [2.75, 3.05) is 25.0 Å². The molecular formula is C22H23N3O6S. The highest BCUT2D eigenvalue weighted by Crippen LogP contribution is 2.35. The van der Waals surface area contributed by atoms with E-state index in [0.29, 0.717) is 11.3 Å². The summed E-state index contributed by atoms with van der Waals surface area (Å²) >= 11 is 1.16. The van der Waals surface area contributed by atoms with Crippen molar-refractivity contribution in [2.45, 2.75) is 26.7 Å². The third-order valence-corrected chi connectivity index (χ3v) is 5.86. The van der Waals surface area contributed by atoms with Crippen molar-refractivity contribution in [3.8, 4) is 10.4 Å². The van der Waals surface area contributed by atoms with Crippen molar-refractivity contribution >= 4 is 46.7 Å². The van der Waals surface area contributed by atoms with E-state index in [1.807, 2.05) is 37.3 Å². The fourth-order valence-corrected chi connectivity index (χ4v) is 4.13. The molecule has 1 N–H and O–H groups in total. The summed E-state index contributed by atoms with van der Waals surface area (Å²) < 4.78 is 5.08. The molecule has 1 fully saturated rings. The lowest BCUT2D eigenvalue weighted by molar-refractivity contribution is -0.143. The van der Waals surface area contributed by atoms with Crippen molar-refractivity contribution < 1.29 is 28.7 Å². The fraction of sp³-hybridized carbons (Fsp3) is 0.318. The zero-order valence-corrected chi connectivity index (χ0v) is 18.6. The summed E-state index contributed by atoms with van der Waals surface area (Å²) in [7, 11) is 0. The maximum atomic E-state index is 12.6. The minimum absolute atomic E-state index is 0.121. The Bertz CT molecular complexity index is 1050. The minimum atomic E-state index is -1.04. The largest absolute Gasteiger partial charge is 0.462 e. The lowest BCUT2D eigenvalue weighted by Crippen LogP contribution is -2.39. The van der Waals surface area contributed by atoms with E-state index < -0.39 is 36.3 Å². The number of ether oxygens (including phenoxy) is 1. The molecule has 168 valence electrons. The van der Waals surface area contributed by atoms with Gasteiger partial charge in [0.05, 0.1) is 12.3 Å². The van der Waals surface area contributed by atoms with Crippen molar-refractivity contribution in [2.24, 2.45) is 0 Å². The second-order valence-electron chi connectivity index (χ2n) is 6.97.